The molecule has 3 rings (SSSR count). The summed E-state index contributed by atoms with van der Waals surface area (Å²) in [4.78, 5) is 17.4. The van der Waals surface area contributed by atoms with Crippen LogP contribution in [0.3, 0.4) is 0 Å². The van der Waals surface area contributed by atoms with Crippen LogP contribution < -0.4 is 0 Å². The highest BCUT2D eigenvalue weighted by Crippen LogP contribution is 2.29. The van der Waals surface area contributed by atoms with E-state index < -0.39 is 0 Å². The molecule has 0 spiro atoms. The maximum Gasteiger partial charge on any atom is 0.236 e. The zero-order chi connectivity index (χ0) is 17.1. The van der Waals surface area contributed by atoms with E-state index in [2.05, 4.69) is 4.90 Å². The standard InChI is InChI=1S/C18H20ClFN2OS/c1-21(11-15-8-9-17(19)24-15)18(23)12-22(14-6-7-14)10-13-4-2-3-5-16(13)20/h2-5,8-9,14H,6-7,10-12H2,1H3. The Bertz CT molecular complexity index is 717. The molecule has 128 valence electrons. The first kappa shape index (κ1) is 17.4. The maximum absolute atomic E-state index is 13.9. The molecule has 1 aromatic heterocycles. The summed E-state index contributed by atoms with van der Waals surface area (Å²) in [5, 5.41) is 0. The van der Waals surface area contributed by atoms with Gasteiger partial charge in [-0.15, -0.1) is 11.3 Å². The molecule has 1 heterocycles. The van der Waals surface area contributed by atoms with Crippen LogP contribution in [-0.4, -0.2) is 35.3 Å². The fraction of sp³-hybridized carbons (Fsp3) is 0.389. The molecule has 24 heavy (non-hydrogen) atoms. The van der Waals surface area contributed by atoms with E-state index >= 15 is 0 Å². The second-order valence-corrected chi connectivity index (χ2v) is 7.98. The zero-order valence-electron chi connectivity index (χ0n) is 13.5. The normalized spacial score (nSPS) is 14.2. The van der Waals surface area contributed by atoms with Crippen LogP contribution in [0.2, 0.25) is 4.34 Å². The Labute approximate surface area is 150 Å². The van der Waals surface area contributed by atoms with Crippen LogP contribution in [0.25, 0.3) is 0 Å². The van der Waals surface area contributed by atoms with Crippen molar-refractivity contribution >= 4 is 28.8 Å². The lowest BCUT2D eigenvalue weighted by atomic mass is 10.2. The molecule has 3 nitrogen and oxygen atoms in total. The molecule has 2 aromatic rings. The van der Waals surface area contributed by atoms with Gasteiger partial charge < -0.3 is 4.90 Å². The van der Waals surface area contributed by atoms with Crippen molar-refractivity contribution in [2.24, 2.45) is 0 Å². The van der Waals surface area contributed by atoms with Gasteiger partial charge in [0.2, 0.25) is 5.91 Å². The summed E-state index contributed by atoms with van der Waals surface area (Å²) in [6.45, 7) is 1.34. The largest absolute Gasteiger partial charge is 0.340 e. The van der Waals surface area contributed by atoms with Gasteiger partial charge in [0.05, 0.1) is 17.4 Å². The van der Waals surface area contributed by atoms with E-state index in [9.17, 15) is 9.18 Å². The molecule has 0 atom stereocenters. The number of halogens is 2. The molecule has 6 heteroatoms. The number of carbonyl (C=O) groups excluding carboxylic acids is 1. The average Bonchev–Trinajstić information content (AvgIpc) is 3.32. The van der Waals surface area contributed by atoms with Crippen LogP contribution in [0, 0.1) is 5.82 Å². The number of hydrogen-bond acceptors (Lipinski definition) is 3. The van der Waals surface area contributed by atoms with Gasteiger partial charge in [-0.2, -0.15) is 0 Å². The highest BCUT2D eigenvalue weighted by Gasteiger charge is 2.31. The molecule has 0 bridgehead atoms. The Morgan fingerprint density at radius 2 is 2.00 bits per heavy atom. The van der Waals surface area contributed by atoms with Gasteiger partial charge in [0, 0.05) is 30.1 Å². The van der Waals surface area contributed by atoms with Crippen molar-refractivity contribution in [3.05, 3.63) is 57.0 Å². The first-order chi connectivity index (χ1) is 11.5. The molecule has 0 unspecified atom stereocenters. The Hall–Kier alpha value is -1.43. The van der Waals surface area contributed by atoms with Gasteiger partial charge in [0.25, 0.3) is 0 Å². The minimum Gasteiger partial charge on any atom is -0.340 e. The summed E-state index contributed by atoms with van der Waals surface area (Å²) in [5.74, 6) is -0.167. The molecule has 1 amide bonds. The van der Waals surface area contributed by atoms with Crippen molar-refractivity contribution in [2.45, 2.75) is 32.0 Å². The molecular weight excluding hydrogens is 347 g/mol. The zero-order valence-corrected chi connectivity index (χ0v) is 15.1. The lowest BCUT2D eigenvalue weighted by molar-refractivity contribution is -0.131. The smallest absolute Gasteiger partial charge is 0.236 e. The SMILES string of the molecule is CN(Cc1ccc(Cl)s1)C(=O)CN(Cc1ccccc1F)C1CC1. The third-order valence-corrected chi connectivity index (χ3v) is 5.40. The molecule has 1 aromatic carbocycles. The van der Waals surface area contributed by atoms with Crippen LogP contribution in [0.5, 0.6) is 0 Å². The average molecular weight is 367 g/mol. The van der Waals surface area contributed by atoms with E-state index in [0.717, 1.165) is 22.1 Å². The highest BCUT2D eigenvalue weighted by molar-refractivity contribution is 7.16. The summed E-state index contributed by atoms with van der Waals surface area (Å²) in [6, 6.07) is 10.9. The van der Waals surface area contributed by atoms with Gasteiger partial charge in [-0.25, -0.2) is 4.39 Å². The number of thiophene rings is 1. The lowest BCUT2D eigenvalue weighted by Gasteiger charge is -2.25. The van der Waals surface area contributed by atoms with Crippen molar-refractivity contribution in [1.82, 2.24) is 9.80 Å². The van der Waals surface area contributed by atoms with Crippen LogP contribution in [0.15, 0.2) is 36.4 Å². The van der Waals surface area contributed by atoms with Crippen molar-refractivity contribution in [2.75, 3.05) is 13.6 Å². The van der Waals surface area contributed by atoms with Crippen molar-refractivity contribution in [3.8, 4) is 0 Å². The second kappa shape index (κ2) is 7.64. The first-order valence-corrected chi connectivity index (χ1v) is 9.18. The van der Waals surface area contributed by atoms with Crippen molar-refractivity contribution in [1.29, 1.82) is 0 Å². The molecule has 0 N–H and O–H groups in total. The Balaban J connectivity index is 1.60. The lowest BCUT2D eigenvalue weighted by Crippen LogP contribution is -2.39. The van der Waals surface area contributed by atoms with Crippen LogP contribution >= 0.6 is 22.9 Å². The first-order valence-electron chi connectivity index (χ1n) is 7.98. The molecule has 1 saturated carbocycles. The Kier molecular flexibility index (Phi) is 5.54. The van der Waals surface area contributed by atoms with Crippen LogP contribution in [0.1, 0.15) is 23.3 Å². The van der Waals surface area contributed by atoms with E-state index in [0.29, 0.717) is 31.2 Å². The summed E-state index contributed by atoms with van der Waals surface area (Å²) >= 11 is 7.42. The quantitative estimate of drug-likeness (QED) is 0.734. The Morgan fingerprint density at radius 3 is 2.62 bits per heavy atom. The van der Waals surface area contributed by atoms with E-state index in [1.165, 1.54) is 17.4 Å². The molecule has 0 radical (unpaired) electrons. The van der Waals surface area contributed by atoms with Gasteiger partial charge in [0.15, 0.2) is 0 Å². The van der Waals surface area contributed by atoms with Crippen LogP contribution in [-0.2, 0) is 17.9 Å². The van der Waals surface area contributed by atoms with E-state index in [1.54, 1.807) is 24.1 Å². The number of benzene rings is 1. The summed E-state index contributed by atoms with van der Waals surface area (Å²) in [7, 11) is 1.80. The number of hydrogen-bond donors (Lipinski definition) is 0. The molecule has 1 aliphatic rings. The minimum absolute atomic E-state index is 0.0442. The van der Waals surface area contributed by atoms with Crippen molar-refractivity contribution in [3.63, 3.8) is 0 Å². The van der Waals surface area contributed by atoms with Gasteiger partial charge in [-0.1, -0.05) is 29.8 Å². The molecule has 0 saturated heterocycles. The molecule has 1 fully saturated rings. The minimum atomic E-state index is -0.211. The summed E-state index contributed by atoms with van der Waals surface area (Å²) in [6.07, 6.45) is 2.15. The van der Waals surface area contributed by atoms with Gasteiger partial charge in [-0.05, 0) is 31.0 Å². The number of amides is 1. The van der Waals surface area contributed by atoms with Gasteiger partial charge >= 0.3 is 0 Å². The van der Waals surface area contributed by atoms with Crippen molar-refractivity contribution < 1.29 is 9.18 Å². The summed E-state index contributed by atoms with van der Waals surface area (Å²) < 4.78 is 14.6. The predicted molar refractivity (Wildman–Crippen MR) is 95.6 cm³/mol. The number of carbonyl (C=O) groups is 1. The van der Waals surface area contributed by atoms with Gasteiger partial charge in [-0.3, -0.25) is 9.69 Å². The maximum atomic E-state index is 13.9. The fourth-order valence-electron chi connectivity index (χ4n) is 2.65. The predicted octanol–water partition coefficient (Wildman–Crippen LogP) is 4.16. The number of nitrogens with zero attached hydrogens (tertiary/aromatic N) is 2. The second-order valence-electron chi connectivity index (χ2n) is 6.18. The molecule has 1 aliphatic carbocycles. The van der Waals surface area contributed by atoms with Gasteiger partial charge in [0.1, 0.15) is 5.82 Å². The van der Waals surface area contributed by atoms with E-state index in [1.807, 2.05) is 18.2 Å². The fourth-order valence-corrected chi connectivity index (χ4v) is 3.79. The van der Waals surface area contributed by atoms with Crippen LogP contribution in [0.4, 0.5) is 4.39 Å². The molecule has 0 aliphatic heterocycles. The summed E-state index contributed by atoms with van der Waals surface area (Å²) in [5.41, 5.74) is 0.643. The third kappa shape index (κ3) is 4.56. The monoisotopic (exact) mass is 366 g/mol. The third-order valence-electron chi connectivity index (χ3n) is 4.18. The van der Waals surface area contributed by atoms with E-state index in [4.69, 9.17) is 11.6 Å². The topological polar surface area (TPSA) is 23.6 Å². The highest BCUT2D eigenvalue weighted by atomic mass is 35.5. The van der Waals surface area contributed by atoms with E-state index in [-0.39, 0.29) is 11.7 Å². The number of likely N-dealkylation sites (N-methyl/N-ethyl adjacent to an activating group) is 1. The number of rotatable bonds is 7. The Morgan fingerprint density at radius 1 is 1.25 bits per heavy atom. The molecular formula is C18H20ClFN2OS.